The summed E-state index contributed by atoms with van der Waals surface area (Å²) in [6, 6.07) is 0. The van der Waals surface area contributed by atoms with E-state index in [1.165, 1.54) is 12.4 Å². The van der Waals surface area contributed by atoms with E-state index in [0.29, 0.717) is 23.1 Å². The highest BCUT2D eigenvalue weighted by molar-refractivity contribution is 5.74. The number of nitrogens with zero attached hydrogens (tertiary/aromatic N) is 2. The Balaban J connectivity index is 2.48. The highest BCUT2D eigenvalue weighted by Gasteiger charge is 2.23. The summed E-state index contributed by atoms with van der Waals surface area (Å²) in [5, 5.41) is 12.4. The van der Waals surface area contributed by atoms with Crippen molar-refractivity contribution in [1.82, 2.24) is 10.0 Å². The summed E-state index contributed by atoms with van der Waals surface area (Å²) in [6.45, 7) is 0.268. The quantitative estimate of drug-likeness (QED) is 0.628. The third-order valence-electron chi connectivity index (χ3n) is 2.63. The van der Waals surface area contributed by atoms with Gasteiger partial charge in [0.25, 0.3) is 0 Å². The van der Waals surface area contributed by atoms with Gasteiger partial charge in [0.05, 0.1) is 6.20 Å². The molecule has 0 saturated heterocycles. The fourth-order valence-electron chi connectivity index (χ4n) is 1.86. The molecule has 1 aliphatic heterocycles. The van der Waals surface area contributed by atoms with Crippen LogP contribution in [0.2, 0.25) is 0 Å². The minimum absolute atomic E-state index is 0.106. The SMILES string of the molecule is CNCc1cn(O)c(C2=C(F)N=CCC2)c1F. The van der Waals surface area contributed by atoms with Gasteiger partial charge >= 0.3 is 0 Å². The number of hydrogen-bond donors (Lipinski definition) is 2. The van der Waals surface area contributed by atoms with Crippen molar-refractivity contribution in [3.8, 4) is 0 Å². The molecule has 4 nitrogen and oxygen atoms in total. The van der Waals surface area contributed by atoms with Crippen LogP contribution >= 0.6 is 0 Å². The van der Waals surface area contributed by atoms with Crippen molar-refractivity contribution >= 4 is 11.8 Å². The molecule has 0 amide bonds. The first-order chi connectivity index (χ1) is 8.15. The number of nitrogens with one attached hydrogen (secondary N) is 1. The van der Waals surface area contributed by atoms with Gasteiger partial charge in [-0.15, -0.1) is 0 Å². The molecule has 0 aliphatic carbocycles. The Morgan fingerprint density at radius 3 is 2.94 bits per heavy atom. The van der Waals surface area contributed by atoms with Crippen LogP contribution in [0.4, 0.5) is 8.78 Å². The zero-order valence-electron chi connectivity index (χ0n) is 9.37. The number of rotatable bonds is 3. The molecule has 2 heterocycles. The van der Waals surface area contributed by atoms with E-state index in [1.54, 1.807) is 7.05 Å². The van der Waals surface area contributed by atoms with Gasteiger partial charge in [-0.25, -0.2) is 9.38 Å². The van der Waals surface area contributed by atoms with E-state index in [0.717, 1.165) is 0 Å². The third-order valence-corrected chi connectivity index (χ3v) is 2.63. The fourth-order valence-corrected chi connectivity index (χ4v) is 1.86. The van der Waals surface area contributed by atoms with Crippen molar-refractivity contribution in [3.05, 3.63) is 29.2 Å². The second-order valence-corrected chi connectivity index (χ2v) is 3.81. The average molecular weight is 241 g/mol. The van der Waals surface area contributed by atoms with E-state index in [-0.39, 0.29) is 17.8 Å². The standard InChI is InChI=1S/C11H13F2N3O/c1-14-5-7-6-16(17)10(9(7)12)8-3-2-4-15-11(8)13/h4,6,14,17H,2-3,5H2,1H3. The summed E-state index contributed by atoms with van der Waals surface area (Å²) in [6.07, 6.45) is 3.54. The van der Waals surface area contributed by atoms with Gasteiger partial charge in [0.2, 0.25) is 5.95 Å². The summed E-state index contributed by atoms with van der Waals surface area (Å²) in [5.74, 6) is -1.34. The van der Waals surface area contributed by atoms with E-state index in [1.807, 2.05) is 0 Å². The van der Waals surface area contributed by atoms with Crippen molar-refractivity contribution < 1.29 is 14.0 Å². The van der Waals surface area contributed by atoms with Gasteiger partial charge in [0.15, 0.2) is 5.82 Å². The molecule has 0 bridgehead atoms. The van der Waals surface area contributed by atoms with Crippen LogP contribution in [0.15, 0.2) is 17.1 Å². The Morgan fingerprint density at radius 2 is 2.29 bits per heavy atom. The Morgan fingerprint density at radius 1 is 1.53 bits per heavy atom. The zero-order valence-corrected chi connectivity index (χ0v) is 9.37. The van der Waals surface area contributed by atoms with Crippen LogP contribution < -0.4 is 5.32 Å². The van der Waals surface area contributed by atoms with Gasteiger partial charge < -0.3 is 10.5 Å². The lowest BCUT2D eigenvalue weighted by Crippen LogP contribution is -2.06. The van der Waals surface area contributed by atoms with Gasteiger partial charge in [-0.3, -0.25) is 0 Å². The molecule has 1 aliphatic rings. The van der Waals surface area contributed by atoms with Gasteiger partial charge in [-0.2, -0.15) is 9.12 Å². The Hall–Kier alpha value is -1.69. The smallest absolute Gasteiger partial charge is 0.218 e. The van der Waals surface area contributed by atoms with Gasteiger partial charge in [0.1, 0.15) is 5.69 Å². The van der Waals surface area contributed by atoms with Gasteiger partial charge in [-0.05, 0) is 19.9 Å². The van der Waals surface area contributed by atoms with E-state index >= 15 is 0 Å². The molecule has 0 fully saturated rings. The molecule has 0 atom stereocenters. The molecule has 2 rings (SSSR count). The zero-order chi connectivity index (χ0) is 12.4. The molecule has 0 unspecified atom stereocenters. The van der Waals surface area contributed by atoms with E-state index in [9.17, 15) is 14.0 Å². The summed E-state index contributed by atoms with van der Waals surface area (Å²) < 4.78 is 28.1. The van der Waals surface area contributed by atoms with Crippen LogP contribution in [0.1, 0.15) is 24.1 Å². The minimum Gasteiger partial charge on any atom is -0.428 e. The van der Waals surface area contributed by atoms with Crippen molar-refractivity contribution in [2.45, 2.75) is 19.4 Å². The van der Waals surface area contributed by atoms with Crippen LogP contribution in [0.25, 0.3) is 5.57 Å². The van der Waals surface area contributed by atoms with Crippen LogP contribution in [0.3, 0.4) is 0 Å². The predicted octanol–water partition coefficient (Wildman–Crippen LogP) is 2.09. The second kappa shape index (κ2) is 4.67. The van der Waals surface area contributed by atoms with Crippen LogP contribution in [0, 0.1) is 5.82 Å². The first-order valence-corrected chi connectivity index (χ1v) is 5.30. The van der Waals surface area contributed by atoms with E-state index in [2.05, 4.69) is 10.3 Å². The monoisotopic (exact) mass is 241 g/mol. The molecule has 0 saturated carbocycles. The Bertz CT molecular complexity index is 491. The molecule has 6 heteroatoms. The number of hydrogen-bond acceptors (Lipinski definition) is 3. The highest BCUT2D eigenvalue weighted by atomic mass is 19.1. The molecule has 2 N–H and O–H groups in total. The van der Waals surface area contributed by atoms with E-state index < -0.39 is 11.8 Å². The molecular weight excluding hydrogens is 228 g/mol. The summed E-state index contributed by atoms with van der Waals surface area (Å²) in [5.41, 5.74) is 0.263. The minimum atomic E-state index is -0.737. The summed E-state index contributed by atoms with van der Waals surface area (Å²) in [4.78, 5) is 3.51. The van der Waals surface area contributed by atoms with E-state index in [4.69, 9.17) is 0 Å². The number of aliphatic imine (C=N–C) groups is 1. The molecule has 1 aromatic rings. The third kappa shape index (κ3) is 2.08. The predicted molar refractivity (Wildman–Crippen MR) is 60.1 cm³/mol. The number of halogens is 2. The molecular formula is C11H13F2N3O. The van der Waals surface area contributed by atoms with Crippen molar-refractivity contribution in [2.75, 3.05) is 7.05 Å². The molecule has 92 valence electrons. The Labute approximate surface area is 97.2 Å². The maximum absolute atomic E-state index is 14.0. The average Bonchev–Trinajstić information content (AvgIpc) is 2.57. The lowest BCUT2D eigenvalue weighted by molar-refractivity contribution is 0.182. The largest absolute Gasteiger partial charge is 0.428 e. The van der Waals surface area contributed by atoms with Crippen LogP contribution in [-0.4, -0.2) is 23.2 Å². The molecule has 0 radical (unpaired) electrons. The number of allylic oxidation sites excluding steroid dienone is 1. The normalized spacial score (nSPS) is 15.7. The van der Waals surface area contributed by atoms with Crippen LogP contribution in [-0.2, 0) is 6.54 Å². The number of aromatic nitrogens is 1. The topological polar surface area (TPSA) is 49.5 Å². The summed E-state index contributed by atoms with van der Waals surface area (Å²) >= 11 is 0. The highest BCUT2D eigenvalue weighted by Crippen LogP contribution is 2.31. The lowest BCUT2D eigenvalue weighted by Gasteiger charge is -2.10. The van der Waals surface area contributed by atoms with Crippen LogP contribution in [0.5, 0.6) is 0 Å². The maximum Gasteiger partial charge on any atom is 0.218 e. The molecule has 1 aromatic heterocycles. The van der Waals surface area contributed by atoms with Crippen molar-refractivity contribution in [2.24, 2.45) is 4.99 Å². The van der Waals surface area contributed by atoms with Crippen molar-refractivity contribution in [1.29, 1.82) is 0 Å². The lowest BCUT2D eigenvalue weighted by atomic mass is 10.1. The molecule has 0 spiro atoms. The second-order valence-electron chi connectivity index (χ2n) is 3.81. The summed E-state index contributed by atoms with van der Waals surface area (Å²) in [7, 11) is 1.67. The Kier molecular flexibility index (Phi) is 3.23. The van der Waals surface area contributed by atoms with Gasteiger partial charge in [-0.1, -0.05) is 0 Å². The maximum atomic E-state index is 14.0. The molecule has 17 heavy (non-hydrogen) atoms. The van der Waals surface area contributed by atoms with Gasteiger partial charge in [0, 0.05) is 23.9 Å². The fraction of sp³-hybridized carbons (Fsp3) is 0.364. The molecule has 0 aromatic carbocycles. The first kappa shape index (κ1) is 11.8. The van der Waals surface area contributed by atoms with Crippen molar-refractivity contribution in [3.63, 3.8) is 0 Å². The first-order valence-electron chi connectivity index (χ1n) is 5.30.